The molecule has 0 radical (unpaired) electrons. The van der Waals surface area contributed by atoms with Gasteiger partial charge in [-0.2, -0.15) is 0 Å². The van der Waals surface area contributed by atoms with Crippen molar-refractivity contribution in [3.05, 3.63) is 36.8 Å². The van der Waals surface area contributed by atoms with E-state index >= 15 is 0 Å². The second kappa shape index (κ2) is 23.8. The van der Waals surface area contributed by atoms with Gasteiger partial charge in [-0.05, 0) is 58.3 Å². The normalized spacial score (nSPS) is 43.2. The Morgan fingerprint density at radius 1 is 0.500 bits per heavy atom. The lowest BCUT2D eigenvalue weighted by Crippen LogP contribution is -2.63. The van der Waals surface area contributed by atoms with Gasteiger partial charge in [0.2, 0.25) is 0 Å². The summed E-state index contributed by atoms with van der Waals surface area (Å²) >= 11 is 0. The van der Waals surface area contributed by atoms with Crippen LogP contribution < -0.4 is 10.6 Å². The van der Waals surface area contributed by atoms with Crippen molar-refractivity contribution in [1.82, 2.24) is 15.5 Å². The summed E-state index contributed by atoms with van der Waals surface area (Å²) in [5.41, 5.74) is 2.08. The zero-order valence-electron chi connectivity index (χ0n) is 36.7. The minimum absolute atomic E-state index is 0.195. The van der Waals surface area contributed by atoms with Crippen molar-refractivity contribution in [2.75, 3.05) is 39.8 Å². The van der Waals surface area contributed by atoms with Crippen LogP contribution in [0.1, 0.15) is 71.1 Å². The summed E-state index contributed by atoms with van der Waals surface area (Å²) in [6, 6.07) is 0. The maximum absolute atomic E-state index is 11.3. The van der Waals surface area contributed by atoms with E-state index in [4.69, 9.17) is 37.9 Å². The van der Waals surface area contributed by atoms with Crippen molar-refractivity contribution in [2.45, 2.75) is 182 Å². The first-order chi connectivity index (χ1) is 30.6. The fourth-order valence-electron chi connectivity index (χ4n) is 9.42. The van der Waals surface area contributed by atoms with Gasteiger partial charge in [0.15, 0.2) is 25.2 Å². The van der Waals surface area contributed by atoms with Gasteiger partial charge in [0, 0.05) is 42.1 Å². The second-order valence-electron chi connectivity index (χ2n) is 18.0. The van der Waals surface area contributed by atoms with Crippen LogP contribution in [0.15, 0.2) is 36.8 Å². The Morgan fingerprint density at radius 3 is 1.25 bits per heavy atom. The maximum atomic E-state index is 11.3. The lowest BCUT2D eigenvalue weighted by Gasteiger charge is -2.47. The molecule has 8 bridgehead atoms. The second-order valence-corrected chi connectivity index (χ2v) is 18.0. The number of rotatable bonds is 15. The molecule has 0 aromatic rings. The Hall–Kier alpha value is -2.10. The largest absolute Gasteiger partial charge is 0.394 e. The van der Waals surface area contributed by atoms with Crippen LogP contribution in [-0.4, -0.2) is 206 Å². The molecule has 0 amide bonds. The third kappa shape index (κ3) is 12.3. The number of nitrogens with one attached hydrogen (secondary N) is 2. The molecule has 12 saturated heterocycles. The lowest BCUT2D eigenvalue weighted by atomic mass is 9.83. The van der Waals surface area contributed by atoms with Gasteiger partial charge in [-0.1, -0.05) is 32.6 Å². The summed E-state index contributed by atoms with van der Waals surface area (Å²) in [6.45, 7) is 14.3. The highest BCUT2D eigenvalue weighted by Gasteiger charge is 2.53. The van der Waals surface area contributed by atoms with Gasteiger partial charge >= 0.3 is 0 Å². The number of ether oxygens (including phenoxy) is 8. The van der Waals surface area contributed by atoms with E-state index in [2.05, 4.69) is 30.4 Å². The fourth-order valence-corrected chi connectivity index (χ4v) is 9.42. The van der Waals surface area contributed by atoms with Gasteiger partial charge in [0.1, 0.15) is 61.0 Å². The molecule has 368 valence electrons. The van der Waals surface area contributed by atoms with E-state index in [0.29, 0.717) is 88.9 Å². The van der Waals surface area contributed by atoms with Crippen molar-refractivity contribution in [1.29, 1.82) is 0 Å². The molecular formula is C43H73N3O18. The van der Waals surface area contributed by atoms with Crippen LogP contribution in [0, 0.1) is 11.8 Å². The zero-order chi connectivity index (χ0) is 46.2. The molecule has 0 saturated carbocycles. The van der Waals surface area contributed by atoms with E-state index in [1.54, 1.807) is 0 Å². The van der Waals surface area contributed by atoms with Crippen LogP contribution in [-0.2, 0) is 37.9 Å². The van der Waals surface area contributed by atoms with E-state index in [9.17, 15) is 51.1 Å². The Bertz CT molecular complexity index is 1400. The van der Waals surface area contributed by atoms with Crippen LogP contribution in [0.3, 0.4) is 0 Å². The SMILES string of the molecule is C=C(CCC1O[C@H]2OC3C(CO)O[C@@H](OCCCCC1C(O)C2O)C(O)C3O)NCN(CNC(=C)CCC1O[C@H]2OC3C(CO)O[C@@H](OCCCCC1C(O)C2O)C(O)C3O)C(=C)C. The average Bonchev–Trinajstić information content (AvgIpc) is 3.27. The van der Waals surface area contributed by atoms with Crippen molar-refractivity contribution >= 4 is 0 Å². The molecule has 12 rings (SSSR count). The van der Waals surface area contributed by atoms with E-state index < -0.39 is 136 Å². The Labute approximate surface area is 374 Å². The zero-order valence-corrected chi connectivity index (χ0v) is 36.7. The van der Waals surface area contributed by atoms with Crippen LogP contribution in [0.2, 0.25) is 0 Å². The molecule has 12 fully saturated rings. The van der Waals surface area contributed by atoms with E-state index in [0.717, 1.165) is 5.70 Å². The number of hydrogen-bond acceptors (Lipinski definition) is 21. The molecule has 12 aliphatic heterocycles. The molecule has 21 heteroatoms. The van der Waals surface area contributed by atoms with Crippen molar-refractivity contribution in [3.63, 3.8) is 0 Å². The van der Waals surface area contributed by atoms with E-state index in [1.165, 1.54) is 0 Å². The molecule has 21 nitrogen and oxygen atoms in total. The molecule has 12 N–H and O–H groups in total. The van der Waals surface area contributed by atoms with Crippen LogP contribution in [0.25, 0.3) is 0 Å². The minimum Gasteiger partial charge on any atom is -0.394 e. The fraction of sp³-hybridized carbons (Fsp3) is 0.860. The number of allylic oxidation sites excluding steroid dienone is 3. The van der Waals surface area contributed by atoms with Crippen LogP contribution in [0.4, 0.5) is 0 Å². The van der Waals surface area contributed by atoms with Gasteiger partial charge in [-0.3, -0.25) is 0 Å². The summed E-state index contributed by atoms with van der Waals surface area (Å²) in [4.78, 5) is 1.94. The summed E-state index contributed by atoms with van der Waals surface area (Å²) in [7, 11) is 0. The third-order valence-corrected chi connectivity index (χ3v) is 13.4. The first-order valence-electron chi connectivity index (χ1n) is 22.7. The summed E-state index contributed by atoms with van der Waals surface area (Å²) < 4.78 is 47.2. The Kier molecular flexibility index (Phi) is 19.0. The monoisotopic (exact) mass is 919 g/mol. The molecule has 0 aromatic carbocycles. The van der Waals surface area contributed by atoms with Gasteiger partial charge in [-0.25, -0.2) is 0 Å². The van der Waals surface area contributed by atoms with Gasteiger partial charge in [0.05, 0.1) is 51.0 Å². The Balaban J connectivity index is 1.00. The van der Waals surface area contributed by atoms with Crippen molar-refractivity contribution in [3.8, 4) is 0 Å². The highest BCUT2D eigenvalue weighted by Crippen LogP contribution is 2.38. The molecule has 0 aliphatic carbocycles. The predicted octanol–water partition coefficient (Wildman–Crippen LogP) is -2.32. The molecule has 12 heterocycles. The quantitative estimate of drug-likeness (QED) is 0.0768. The third-order valence-electron chi connectivity index (χ3n) is 13.4. The summed E-state index contributed by atoms with van der Waals surface area (Å²) in [5.74, 6) is -0.905. The maximum Gasteiger partial charge on any atom is 0.186 e. The van der Waals surface area contributed by atoms with Crippen LogP contribution in [0.5, 0.6) is 0 Å². The summed E-state index contributed by atoms with van der Waals surface area (Å²) in [6.07, 6.45) is -17.5. The topological polar surface area (TPSA) is 303 Å². The number of aliphatic hydroxyl groups excluding tert-OH is 10. The molecule has 20 atom stereocenters. The first-order valence-corrected chi connectivity index (χ1v) is 22.7. The molecular weight excluding hydrogens is 846 g/mol. The standard InChI is InChI=1S/C43H73N3O18/c1-21(2)46(19-44-22(3)11-13-26-24-9-5-7-15-57-40-36(55)32(51)38(28(17-47)61-40)63-42(59-26)34(53)30(24)49)20-45-23(4)12-14-27-25-10-6-8-16-58-41-37(56)33(52)39(29(18-48)62-41)64-43(60-27)35(54)31(25)50/h24-45,47-56H,1,3-20H2,2H3/t24?,25?,26?,27?,28?,29?,30?,31?,32?,33?,34?,35?,36?,37?,38?,39?,40-,41-,42+,43+/m1/s1. The highest BCUT2D eigenvalue weighted by atomic mass is 16.7. The van der Waals surface area contributed by atoms with E-state index in [1.807, 2.05) is 11.8 Å². The lowest BCUT2D eigenvalue weighted by molar-refractivity contribution is -0.356. The molecule has 12 aliphatic rings. The van der Waals surface area contributed by atoms with Crippen molar-refractivity contribution in [2.24, 2.45) is 11.8 Å². The van der Waals surface area contributed by atoms with Crippen molar-refractivity contribution < 1.29 is 89.0 Å². The van der Waals surface area contributed by atoms with Gasteiger partial charge in [-0.15, -0.1) is 0 Å². The first kappa shape index (κ1) is 51.3. The number of aliphatic hydroxyl groups is 10. The van der Waals surface area contributed by atoms with E-state index in [-0.39, 0.29) is 13.2 Å². The summed E-state index contributed by atoms with van der Waals surface area (Å²) in [5, 5.41) is 115. The van der Waals surface area contributed by atoms with Crippen LogP contribution >= 0.6 is 0 Å². The number of nitrogens with zero attached hydrogens (tertiary/aromatic N) is 1. The molecule has 16 unspecified atom stereocenters. The van der Waals surface area contributed by atoms with Gasteiger partial charge < -0.3 is 104 Å². The highest BCUT2D eigenvalue weighted by molar-refractivity contribution is 5.01. The Morgan fingerprint density at radius 2 is 0.875 bits per heavy atom. The smallest absolute Gasteiger partial charge is 0.186 e. The predicted molar refractivity (Wildman–Crippen MR) is 223 cm³/mol. The average molecular weight is 920 g/mol. The minimum atomic E-state index is -1.53. The van der Waals surface area contributed by atoms with Gasteiger partial charge in [0.25, 0.3) is 0 Å². The number of hydrogen-bond donors (Lipinski definition) is 12. The molecule has 64 heavy (non-hydrogen) atoms. The molecule has 0 aromatic heterocycles. The molecule has 0 spiro atoms.